The highest BCUT2D eigenvalue weighted by atomic mass is 35.5. The van der Waals surface area contributed by atoms with Gasteiger partial charge in [0.2, 0.25) is 0 Å². The molecule has 0 aliphatic heterocycles. The summed E-state index contributed by atoms with van der Waals surface area (Å²) in [6.45, 7) is 1.75. The van der Waals surface area contributed by atoms with Crippen LogP contribution in [0.25, 0.3) is 0 Å². The van der Waals surface area contributed by atoms with Crippen molar-refractivity contribution in [2.45, 2.75) is 6.92 Å². The molecule has 0 radical (unpaired) electrons. The first-order valence-corrected chi connectivity index (χ1v) is 6.04. The van der Waals surface area contributed by atoms with E-state index in [1.807, 2.05) is 0 Å². The Kier molecular flexibility index (Phi) is 3.95. The summed E-state index contributed by atoms with van der Waals surface area (Å²) in [7, 11) is 0. The minimum atomic E-state index is -0.602. The van der Waals surface area contributed by atoms with E-state index < -0.39 is 10.8 Å². The van der Waals surface area contributed by atoms with Gasteiger partial charge in [-0.3, -0.25) is 14.9 Å². The van der Waals surface area contributed by atoms with Crippen LogP contribution in [0.4, 0.5) is 11.4 Å². The highest BCUT2D eigenvalue weighted by Gasteiger charge is 2.20. The predicted molar refractivity (Wildman–Crippen MR) is 75.0 cm³/mol. The number of halogens is 1. The largest absolute Gasteiger partial charge is 0.319 e. The number of aryl methyl sites for hydroxylation is 1. The van der Waals surface area contributed by atoms with Gasteiger partial charge in [-0.25, -0.2) is 4.98 Å². The molecule has 0 bridgehead atoms. The van der Waals surface area contributed by atoms with E-state index in [0.717, 1.165) is 5.56 Å². The maximum absolute atomic E-state index is 12.1. The molecule has 1 amide bonds. The second-order valence-electron chi connectivity index (χ2n) is 4.07. The van der Waals surface area contributed by atoms with Crippen LogP contribution < -0.4 is 5.32 Å². The summed E-state index contributed by atoms with van der Waals surface area (Å²) in [6.07, 6.45) is 1.48. The normalized spacial score (nSPS) is 10.1. The van der Waals surface area contributed by atoms with Gasteiger partial charge in [0.05, 0.1) is 10.6 Å². The third kappa shape index (κ3) is 2.92. The second-order valence-corrected chi connectivity index (χ2v) is 4.43. The summed E-state index contributed by atoms with van der Waals surface area (Å²) in [5.74, 6) is -0.602. The van der Waals surface area contributed by atoms with E-state index in [1.54, 1.807) is 25.1 Å². The number of pyridine rings is 1. The molecule has 0 saturated carbocycles. The summed E-state index contributed by atoms with van der Waals surface area (Å²) < 4.78 is 0. The molecule has 1 N–H and O–H groups in total. The van der Waals surface area contributed by atoms with Gasteiger partial charge in [-0.05, 0) is 30.7 Å². The van der Waals surface area contributed by atoms with Crippen LogP contribution in [0.3, 0.4) is 0 Å². The van der Waals surface area contributed by atoms with Gasteiger partial charge >= 0.3 is 0 Å². The zero-order chi connectivity index (χ0) is 14.7. The van der Waals surface area contributed by atoms with Crippen LogP contribution >= 0.6 is 11.6 Å². The van der Waals surface area contributed by atoms with Crippen molar-refractivity contribution in [3.05, 3.63) is 62.9 Å². The molecule has 0 fully saturated rings. The lowest BCUT2D eigenvalue weighted by molar-refractivity contribution is -0.385. The van der Waals surface area contributed by atoms with E-state index in [2.05, 4.69) is 10.3 Å². The Balaban J connectivity index is 2.37. The minimum absolute atomic E-state index is 0.0186. The lowest BCUT2D eigenvalue weighted by Gasteiger charge is -2.07. The average molecular weight is 292 g/mol. The topological polar surface area (TPSA) is 85.1 Å². The number of nitro benzene ring substituents is 1. The number of anilines is 1. The Hall–Kier alpha value is -2.47. The molecule has 0 saturated heterocycles. The van der Waals surface area contributed by atoms with Crippen molar-refractivity contribution < 1.29 is 9.72 Å². The maximum atomic E-state index is 12.1. The Labute approximate surface area is 119 Å². The van der Waals surface area contributed by atoms with Crippen molar-refractivity contribution in [1.82, 2.24) is 4.98 Å². The SMILES string of the molecule is Cc1ccc([N+](=O)[O-])c(C(=O)Nc2cccnc2Cl)c1. The van der Waals surface area contributed by atoms with Gasteiger partial charge in [0.15, 0.2) is 5.15 Å². The number of hydrogen-bond acceptors (Lipinski definition) is 4. The monoisotopic (exact) mass is 291 g/mol. The summed E-state index contributed by atoms with van der Waals surface area (Å²) in [4.78, 5) is 26.3. The van der Waals surface area contributed by atoms with Crippen molar-refractivity contribution in [3.8, 4) is 0 Å². The summed E-state index contributed by atoms with van der Waals surface area (Å²) in [5.41, 5.74) is 0.774. The fourth-order valence-corrected chi connectivity index (χ4v) is 1.83. The number of nitro groups is 1. The quantitative estimate of drug-likeness (QED) is 0.534. The number of carbonyl (C=O) groups is 1. The van der Waals surface area contributed by atoms with E-state index in [1.165, 1.54) is 18.3 Å². The first-order chi connectivity index (χ1) is 9.49. The molecule has 6 nitrogen and oxygen atoms in total. The molecule has 0 aliphatic rings. The van der Waals surface area contributed by atoms with Gasteiger partial charge in [-0.2, -0.15) is 0 Å². The smallest absolute Gasteiger partial charge is 0.282 e. The number of aromatic nitrogens is 1. The van der Waals surface area contributed by atoms with Crippen LogP contribution in [-0.2, 0) is 0 Å². The molecule has 1 aromatic carbocycles. The van der Waals surface area contributed by atoms with Crippen LogP contribution in [0.1, 0.15) is 15.9 Å². The highest BCUT2D eigenvalue weighted by Crippen LogP contribution is 2.23. The molecule has 0 spiro atoms. The van der Waals surface area contributed by atoms with E-state index >= 15 is 0 Å². The molecule has 102 valence electrons. The fourth-order valence-electron chi connectivity index (χ4n) is 1.66. The van der Waals surface area contributed by atoms with E-state index in [-0.39, 0.29) is 16.4 Å². The van der Waals surface area contributed by atoms with Gasteiger partial charge < -0.3 is 5.32 Å². The van der Waals surface area contributed by atoms with E-state index in [9.17, 15) is 14.9 Å². The van der Waals surface area contributed by atoms with Crippen molar-refractivity contribution in [2.75, 3.05) is 5.32 Å². The van der Waals surface area contributed by atoms with E-state index in [4.69, 9.17) is 11.6 Å². The van der Waals surface area contributed by atoms with Crippen molar-refractivity contribution in [3.63, 3.8) is 0 Å². The van der Waals surface area contributed by atoms with Gasteiger partial charge in [-0.15, -0.1) is 0 Å². The third-order valence-corrected chi connectivity index (χ3v) is 2.90. The van der Waals surface area contributed by atoms with Crippen LogP contribution in [0.15, 0.2) is 36.5 Å². The first kappa shape index (κ1) is 14.0. The Morgan fingerprint density at radius 2 is 2.15 bits per heavy atom. The van der Waals surface area contributed by atoms with Gasteiger partial charge in [0.25, 0.3) is 11.6 Å². The van der Waals surface area contributed by atoms with Crippen LogP contribution in [-0.4, -0.2) is 15.8 Å². The molecule has 2 rings (SSSR count). The molecule has 2 aromatic rings. The molecule has 0 unspecified atom stereocenters. The fraction of sp³-hybridized carbons (Fsp3) is 0.0769. The van der Waals surface area contributed by atoms with Crippen molar-refractivity contribution in [2.24, 2.45) is 0 Å². The molecule has 0 aliphatic carbocycles. The summed E-state index contributed by atoms with van der Waals surface area (Å²) >= 11 is 5.83. The Bertz CT molecular complexity index is 688. The van der Waals surface area contributed by atoms with Gasteiger partial charge in [0.1, 0.15) is 5.56 Å². The molecular formula is C13H10ClN3O3. The zero-order valence-corrected chi connectivity index (χ0v) is 11.2. The summed E-state index contributed by atoms with van der Waals surface area (Å²) in [5, 5.41) is 13.6. The lowest BCUT2D eigenvalue weighted by Crippen LogP contribution is -2.14. The molecule has 20 heavy (non-hydrogen) atoms. The number of amides is 1. The average Bonchev–Trinajstić information content (AvgIpc) is 2.40. The number of nitrogens with zero attached hydrogens (tertiary/aromatic N) is 2. The highest BCUT2D eigenvalue weighted by molar-refractivity contribution is 6.32. The second kappa shape index (κ2) is 5.66. The predicted octanol–water partition coefficient (Wildman–Crippen LogP) is 3.20. The molecule has 1 heterocycles. The number of nitrogens with one attached hydrogen (secondary N) is 1. The molecular weight excluding hydrogens is 282 g/mol. The van der Waals surface area contributed by atoms with Crippen LogP contribution in [0.5, 0.6) is 0 Å². The van der Waals surface area contributed by atoms with Crippen molar-refractivity contribution in [1.29, 1.82) is 0 Å². The third-order valence-electron chi connectivity index (χ3n) is 2.60. The Morgan fingerprint density at radius 3 is 2.80 bits per heavy atom. The summed E-state index contributed by atoms with van der Waals surface area (Å²) in [6, 6.07) is 7.50. The van der Waals surface area contributed by atoms with E-state index in [0.29, 0.717) is 5.69 Å². The number of carbonyl (C=O) groups excluding carboxylic acids is 1. The number of rotatable bonds is 3. The molecule has 0 atom stereocenters. The van der Waals surface area contributed by atoms with Crippen LogP contribution in [0.2, 0.25) is 5.15 Å². The zero-order valence-electron chi connectivity index (χ0n) is 10.5. The lowest BCUT2D eigenvalue weighted by atomic mass is 10.1. The maximum Gasteiger partial charge on any atom is 0.282 e. The standard InChI is InChI=1S/C13H10ClN3O3/c1-8-4-5-11(17(19)20)9(7-8)13(18)16-10-3-2-6-15-12(10)14/h2-7H,1H3,(H,16,18). The van der Waals surface area contributed by atoms with Gasteiger partial charge in [-0.1, -0.05) is 17.7 Å². The minimum Gasteiger partial charge on any atom is -0.319 e. The number of hydrogen-bond donors (Lipinski definition) is 1. The Morgan fingerprint density at radius 1 is 1.40 bits per heavy atom. The van der Waals surface area contributed by atoms with Gasteiger partial charge in [0, 0.05) is 12.3 Å². The molecule has 1 aromatic heterocycles. The molecule has 7 heteroatoms. The number of benzene rings is 1. The van der Waals surface area contributed by atoms with Crippen LogP contribution in [0, 0.1) is 17.0 Å². The van der Waals surface area contributed by atoms with Crippen molar-refractivity contribution >= 4 is 28.9 Å². The first-order valence-electron chi connectivity index (χ1n) is 5.66.